The quantitative estimate of drug-likeness (QED) is 0.764. The normalized spacial score (nSPS) is 11.1. The van der Waals surface area contributed by atoms with Gasteiger partial charge >= 0.3 is 5.97 Å². The minimum absolute atomic E-state index is 0.156. The van der Waals surface area contributed by atoms with Crippen molar-refractivity contribution >= 4 is 28.9 Å². The molecule has 0 unspecified atom stereocenters. The number of nitrogens with one attached hydrogen (secondary N) is 1. The number of hydrogen-bond acceptors (Lipinski definition) is 2. The number of hydrogen-bond donors (Lipinski definition) is 3. The number of H-pyrrole nitrogens is 1. The van der Waals surface area contributed by atoms with Crippen LogP contribution in [0.2, 0.25) is 0 Å². The van der Waals surface area contributed by atoms with Crippen LogP contribution in [0.4, 0.5) is 0 Å². The maximum absolute atomic E-state index is 10.8. The van der Waals surface area contributed by atoms with Crippen LogP contribution in [-0.2, 0) is 4.79 Å². The van der Waals surface area contributed by atoms with Crippen molar-refractivity contribution in [2.45, 2.75) is 6.42 Å². The molecule has 0 fully saturated rings. The molecule has 92 valence electrons. The summed E-state index contributed by atoms with van der Waals surface area (Å²) in [7, 11) is 0. The summed E-state index contributed by atoms with van der Waals surface area (Å²) in [5.74, 6) is -1.38. The van der Waals surface area contributed by atoms with Crippen LogP contribution in [0.1, 0.15) is 22.5 Å². The van der Waals surface area contributed by atoms with Gasteiger partial charge in [0.05, 0.1) is 0 Å². The van der Waals surface area contributed by atoms with Crippen LogP contribution < -0.4 is 5.73 Å². The van der Waals surface area contributed by atoms with Crippen LogP contribution in [0.15, 0.2) is 30.3 Å². The Kier molecular flexibility index (Phi) is 3.14. The Hall–Kier alpha value is -2.56. The van der Waals surface area contributed by atoms with Gasteiger partial charge in [0, 0.05) is 17.3 Å². The summed E-state index contributed by atoms with van der Waals surface area (Å²) in [5, 5.41) is 9.69. The van der Waals surface area contributed by atoms with Crippen molar-refractivity contribution < 1.29 is 14.7 Å². The van der Waals surface area contributed by atoms with E-state index in [1.807, 2.05) is 18.2 Å². The van der Waals surface area contributed by atoms with E-state index in [1.165, 1.54) is 0 Å². The second-order valence-corrected chi connectivity index (χ2v) is 3.91. The number of aromatic amines is 1. The van der Waals surface area contributed by atoms with Crippen LogP contribution in [0, 0.1) is 0 Å². The fourth-order valence-electron chi connectivity index (χ4n) is 1.67. The lowest BCUT2D eigenvalue weighted by Crippen LogP contribution is -2.07. The van der Waals surface area contributed by atoms with Gasteiger partial charge in [-0.3, -0.25) is 4.79 Å². The highest BCUT2D eigenvalue weighted by Gasteiger charge is 2.06. The Balaban J connectivity index is 2.29. The summed E-state index contributed by atoms with van der Waals surface area (Å²) >= 11 is 0. The Labute approximate surface area is 103 Å². The third-order valence-electron chi connectivity index (χ3n) is 2.51. The molecule has 0 saturated carbocycles. The maximum atomic E-state index is 10.8. The van der Waals surface area contributed by atoms with Crippen LogP contribution >= 0.6 is 0 Å². The largest absolute Gasteiger partial charge is 0.477 e. The molecule has 0 aliphatic rings. The van der Waals surface area contributed by atoms with Crippen molar-refractivity contribution in [1.82, 2.24) is 4.98 Å². The number of primary amides is 1. The molecule has 0 saturated heterocycles. The number of carboxylic acid groups (broad SMARTS) is 1. The van der Waals surface area contributed by atoms with E-state index in [4.69, 9.17) is 10.8 Å². The zero-order valence-corrected chi connectivity index (χ0v) is 9.51. The number of carbonyl (C=O) groups excluding carboxylic acids is 1. The smallest absolute Gasteiger partial charge is 0.352 e. The molecule has 0 aliphatic heterocycles. The average Bonchev–Trinajstić information content (AvgIpc) is 2.71. The number of rotatable bonds is 4. The first kappa shape index (κ1) is 11.9. The average molecular weight is 244 g/mol. The van der Waals surface area contributed by atoms with Gasteiger partial charge in [0.2, 0.25) is 5.91 Å². The third kappa shape index (κ3) is 2.57. The lowest BCUT2D eigenvalue weighted by molar-refractivity contribution is -0.117. The predicted molar refractivity (Wildman–Crippen MR) is 68.1 cm³/mol. The van der Waals surface area contributed by atoms with E-state index in [-0.39, 0.29) is 18.0 Å². The number of aromatic carboxylic acids is 1. The first-order chi connectivity index (χ1) is 8.56. The van der Waals surface area contributed by atoms with Crippen LogP contribution in [0.5, 0.6) is 0 Å². The van der Waals surface area contributed by atoms with Gasteiger partial charge in [-0.1, -0.05) is 24.3 Å². The molecular weight excluding hydrogens is 232 g/mol. The highest BCUT2D eigenvalue weighted by molar-refractivity contribution is 5.94. The monoisotopic (exact) mass is 244 g/mol. The van der Waals surface area contributed by atoms with E-state index in [0.717, 1.165) is 16.5 Å². The molecule has 2 aromatic rings. The Morgan fingerprint density at radius 3 is 2.78 bits per heavy atom. The molecule has 0 radical (unpaired) electrons. The van der Waals surface area contributed by atoms with Gasteiger partial charge in [0.25, 0.3) is 0 Å². The second kappa shape index (κ2) is 4.75. The van der Waals surface area contributed by atoms with Gasteiger partial charge in [-0.2, -0.15) is 0 Å². The zero-order chi connectivity index (χ0) is 13.1. The first-order valence-electron chi connectivity index (χ1n) is 5.37. The van der Waals surface area contributed by atoms with Gasteiger partial charge in [-0.15, -0.1) is 0 Å². The molecule has 4 N–H and O–H groups in total. The fraction of sp³-hybridized carbons (Fsp3) is 0.0769. The van der Waals surface area contributed by atoms with E-state index in [9.17, 15) is 9.59 Å². The summed E-state index contributed by atoms with van der Waals surface area (Å²) in [6, 6.07) is 7.06. The van der Waals surface area contributed by atoms with Crippen LogP contribution in [-0.4, -0.2) is 22.0 Å². The summed E-state index contributed by atoms with van der Waals surface area (Å²) in [6.07, 6.45) is 3.62. The first-order valence-corrected chi connectivity index (χ1v) is 5.37. The summed E-state index contributed by atoms with van der Waals surface area (Å²) in [4.78, 5) is 24.2. The molecule has 5 nitrogen and oxygen atoms in total. The number of aromatic nitrogens is 1. The number of amides is 1. The van der Waals surface area contributed by atoms with Crippen molar-refractivity contribution in [3.63, 3.8) is 0 Å². The van der Waals surface area contributed by atoms with Crippen molar-refractivity contribution in [2.24, 2.45) is 5.73 Å². The van der Waals surface area contributed by atoms with E-state index in [2.05, 4.69) is 4.98 Å². The third-order valence-corrected chi connectivity index (χ3v) is 2.51. The fourth-order valence-corrected chi connectivity index (χ4v) is 1.67. The van der Waals surface area contributed by atoms with Gasteiger partial charge < -0.3 is 15.8 Å². The standard InChI is InChI=1S/C13H12N2O3/c14-12(16)3-1-2-8-4-5-9-7-11(13(17)18)15-10(9)6-8/h1-2,4-7,15H,3H2,(H2,14,16)(H,17,18). The molecule has 18 heavy (non-hydrogen) atoms. The Bertz CT molecular complexity index is 641. The number of benzene rings is 1. The molecular formula is C13H12N2O3. The van der Waals surface area contributed by atoms with Crippen LogP contribution in [0.25, 0.3) is 17.0 Å². The van der Waals surface area contributed by atoms with Crippen molar-refractivity contribution in [3.05, 3.63) is 41.6 Å². The molecule has 0 aliphatic carbocycles. The Morgan fingerprint density at radius 1 is 1.33 bits per heavy atom. The summed E-state index contributed by atoms with van der Waals surface area (Å²) in [5.41, 5.74) is 6.80. The molecule has 1 heterocycles. The highest BCUT2D eigenvalue weighted by Crippen LogP contribution is 2.18. The molecule has 0 atom stereocenters. The van der Waals surface area contributed by atoms with Gasteiger partial charge in [0.1, 0.15) is 5.69 Å². The number of nitrogens with two attached hydrogens (primary N) is 1. The predicted octanol–water partition coefficient (Wildman–Crippen LogP) is 1.75. The summed E-state index contributed by atoms with van der Waals surface area (Å²) in [6.45, 7) is 0. The molecule has 5 heteroatoms. The highest BCUT2D eigenvalue weighted by atomic mass is 16.4. The Morgan fingerprint density at radius 2 is 2.11 bits per heavy atom. The molecule has 1 aromatic heterocycles. The van der Waals surface area contributed by atoms with Gasteiger partial charge in [-0.25, -0.2) is 4.79 Å². The molecule has 1 amide bonds. The van der Waals surface area contributed by atoms with Crippen LogP contribution in [0.3, 0.4) is 0 Å². The van der Waals surface area contributed by atoms with Crippen molar-refractivity contribution in [2.75, 3.05) is 0 Å². The number of fused-ring (bicyclic) bond motifs is 1. The van der Waals surface area contributed by atoms with Gasteiger partial charge in [-0.05, 0) is 17.7 Å². The topological polar surface area (TPSA) is 96.2 Å². The lowest BCUT2D eigenvalue weighted by Gasteiger charge is -1.94. The molecule has 1 aromatic carbocycles. The van der Waals surface area contributed by atoms with E-state index >= 15 is 0 Å². The van der Waals surface area contributed by atoms with Gasteiger partial charge in [0.15, 0.2) is 0 Å². The zero-order valence-electron chi connectivity index (χ0n) is 9.51. The van der Waals surface area contributed by atoms with Crippen molar-refractivity contribution in [1.29, 1.82) is 0 Å². The molecule has 0 bridgehead atoms. The molecule has 0 spiro atoms. The van der Waals surface area contributed by atoms with Crippen molar-refractivity contribution in [3.8, 4) is 0 Å². The lowest BCUT2D eigenvalue weighted by atomic mass is 10.1. The van der Waals surface area contributed by atoms with E-state index in [1.54, 1.807) is 18.2 Å². The number of carbonyl (C=O) groups is 2. The van der Waals surface area contributed by atoms with E-state index in [0.29, 0.717) is 0 Å². The van der Waals surface area contributed by atoms with E-state index < -0.39 is 5.97 Å². The second-order valence-electron chi connectivity index (χ2n) is 3.91. The maximum Gasteiger partial charge on any atom is 0.352 e. The number of carboxylic acids is 1. The minimum Gasteiger partial charge on any atom is -0.477 e. The minimum atomic E-state index is -0.989. The summed E-state index contributed by atoms with van der Waals surface area (Å²) < 4.78 is 0. The molecule has 2 rings (SSSR count). The SMILES string of the molecule is NC(=O)CC=Cc1ccc2cc(C(=O)O)[nH]c2c1.